The molecule has 0 radical (unpaired) electrons. The number of fused-ring (bicyclic) bond motifs is 1. The fourth-order valence-electron chi connectivity index (χ4n) is 3.41. The van der Waals surface area contributed by atoms with E-state index in [0.717, 1.165) is 25.7 Å². The van der Waals surface area contributed by atoms with Crippen LogP contribution in [0.5, 0.6) is 0 Å². The Balaban J connectivity index is 2.12. The number of aliphatic hydroxyl groups excluding tert-OH is 1. The van der Waals surface area contributed by atoms with Gasteiger partial charge in [-0.1, -0.05) is 32.9 Å². The summed E-state index contributed by atoms with van der Waals surface area (Å²) in [4.78, 5) is 0. The van der Waals surface area contributed by atoms with E-state index < -0.39 is 8.32 Å². The molecule has 4 atom stereocenters. The van der Waals surface area contributed by atoms with Gasteiger partial charge in [0.05, 0.1) is 6.10 Å². The second-order valence-electron chi connectivity index (χ2n) is 7.95. The lowest BCUT2D eigenvalue weighted by molar-refractivity contribution is -0.0124. The Hall–Kier alpha value is -0.123. The Morgan fingerprint density at radius 1 is 1.21 bits per heavy atom. The minimum atomic E-state index is -1.71. The van der Waals surface area contributed by atoms with Crippen LogP contribution in [0.4, 0.5) is 0 Å². The minimum Gasteiger partial charge on any atom is -0.414 e. The molecule has 3 heteroatoms. The van der Waals surface area contributed by atoms with Crippen LogP contribution < -0.4 is 0 Å². The van der Waals surface area contributed by atoms with Gasteiger partial charge in [0, 0.05) is 12.0 Å². The summed E-state index contributed by atoms with van der Waals surface area (Å²) in [5.74, 6) is 0.800. The highest BCUT2D eigenvalue weighted by Gasteiger charge is 2.47. The lowest BCUT2D eigenvalue weighted by Crippen LogP contribution is -2.49. The van der Waals surface area contributed by atoms with Crippen molar-refractivity contribution in [3.63, 3.8) is 0 Å². The zero-order valence-electron chi connectivity index (χ0n) is 13.2. The van der Waals surface area contributed by atoms with Gasteiger partial charge in [-0.3, -0.25) is 0 Å². The summed E-state index contributed by atoms with van der Waals surface area (Å²) in [6.07, 6.45) is 4.28. The fourth-order valence-corrected chi connectivity index (χ4v) is 4.81. The first-order valence-corrected chi connectivity index (χ1v) is 10.6. The van der Waals surface area contributed by atoms with Crippen LogP contribution in [-0.4, -0.2) is 25.6 Å². The van der Waals surface area contributed by atoms with Crippen molar-refractivity contribution in [2.24, 2.45) is 11.8 Å². The van der Waals surface area contributed by atoms with Gasteiger partial charge in [0.25, 0.3) is 0 Å². The number of hydrogen-bond donors (Lipinski definition) is 1. The van der Waals surface area contributed by atoms with Gasteiger partial charge in [-0.05, 0) is 49.7 Å². The molecule has 0 aliphatic heterocycles. The minimum absolute atomic E-state index is 0.181. The Kier molecular flexibility index (Phi) is 4.03. The lowest BCUT2D eigenvalue weighted by Gasteiger charge is -2.45. The zero-order chi connectivity index (χ0) is 14.4. The zero-order valence-corrected chi connectivity index (χ0v) is 14.2. The van der Waals surface area contributed by atoms with E-state index in [4.69, 9.17) is 4.43 Å². The summed E-state index contributed by atoms with van der Waals surface area (Å²) >= 11 is 0. The van der Waals surface area contributed by atoms with Crippen molar-refractivity contribution in [3.05, 3.63) is 12.2 Å². The third-order valence-corrected chi connectivity index (χ3v) is 10.1. The van der Waals surface area contributed by atoms with Gasteiger partial charge < -0.3 is 9.53 Å². The molecule has 0 spiro atoms. The molecule has 0 unspecified atom stereocenters. The molecule has 19 heavy (non-hydrogen) atoms. The van der Waals surface area contributed by atoms with Crippen LogP contribution in [0.2, 0.25) is 18.1 Å². The quantitative estimate of drug-likeness (QED) is 0.610. The number of hydrogen-bond acceptors (Lipinski definition) is 2. The molecule has 2 fully saturated rings. The van der Waals surface area contributed by atoms with Crippen LogP contribution in [0, 0.1) is 11.8 Å². The van der Waals surface area contributed by atoms with Crippen LogP contribution in [-0.2, 0) is 4.43 Å². The van der Waals surface area contributed by atoms with Crippen LogP contribution >= 0.6 is 0 Å². The van der Waals surface area contributed by atoms with E-state index in [2.05, 4.69) is 40.4 Å². The van der Waals surface area contributed by atoms with Crippen LogP contribution in [0.1, 0.15) is 46.5 Å². The molecule has 2 saturated carbocycles. The Morgan fingerprint density at radius 3 is 2.42 bits per heavy atom. The molecule has 2 aliphatic carbocycles. The Bertz CT molecular complexity index is 356. The summed E-state index contributed by atoms with van der Waals surface area (Å²) in [7, 11) is -1.71. The summed E-state index contributed by atoms with van der Waals surface area (Å²) < 4.78 is 6.64. The number of aliphatic hydroxyl groups is 1. The molecule has 0 heterocycles. The molecule has 2 nitrogen and oxygen atoms in total. The largest absolute Gasteiger partial charge is 0.414 e. The first kappa shape index (κ1) is 15.3. The van der Waals surface area contributed by atoms with Gasteiger partial charge in [0.2, 0.25) is 0 Å². The second kappa shape index (κ2) is 5.01. The van der Waals surface area contributed by atoms with Crippen molar-refractivity contribution in [1.29, 1.82) is 0 Å². The van der Waals surface area contributed by atoms with Gasteiger partial charge in [-0.2, -0.15) is 0 Å². The van der Waals surface area contributed by atoms with Crippen molar-refractivity contribution in [2.75, 3.05) is 0 Å². The molecular formula is C16H30O2Si. The van der Waals surface area contributed by atoms with Gasteiger partial charge in [0.1, 0.15) is 0 Å². The van der Waals surface area contributed by atoms with E-state index in [1.165, 1.54) is 5.57 Å². The van der Waals surface area contributed by atoms with Crippen molar-refractivity contribution < 1.29 is 9.53 Å². The lowest BCUT2D eigenvalue weighted by atomic mass is 9.76. The van der Waals surface area contributed by atoms with Gasteiger partial charge in [-0.25, -0.2) is 0 Å². The molecule has 1 N–H and O–H groups in total. The maximum atomic E-state index is 10.2. The third-order valence-electron chi connectivity index (χ3n) is 5.62. The van der Waals surface area contributed by atoms with Crippen LogP contribution in [0.25, 0.3) is 0 Å². The van der Waals surface area contributed by atoms with E-state index >= 15 is 0 Å². The molecule has 0 bridgehead atoms. The maximum absolute atomic E-state index is 10.2. The number of rotatable bonds is 2. The summed E-state index contributed by atoms with van der Waals surface area (Å²) in [5.41, 5.74) is 1.25. The summed E-state index contributed by atoms with van der Waals surface area (Å²) in [5, 5.41) is 10.5. The highest BCUT2D eigenvalue weighted by Crippen LogP contribution is 2.48. The van der Waals surface area contributed by atoms with Crippen molar-refractivity contribution in [1.82, 2.24) is 0 Å². The van der Waals surface area contributed by atoms with Crippen molar-refractivity contribution >= 4 is 8.32 Å². The summed E-state index contributed by atoms with van der Waals surface area (Å²) in [6, 6.07) is 0. The van der Waals surface area contributed by atoms with E-state index in [-0.39, 0.29) is 11.1 Å². The van der Waals surface area contributed by atoms with Crippen molar-refractivity contribution in [2.45, 2.75) is 76.8 Å². The Labute approximate surface area is 119 Å². The molecule has 110 valence electrons. The SMILES string of the molecule is C=C1CC[C@H]2[C@@H]1[C@@H](O)CC[C@@H]2O[Si](C)(C)C(C)(C)C. The normalized spacial score (nSPS) is 36.4. The molecule has 0 amide bonds. The predicted octanol–water partition coefficient (Wildman–Crippen LogP) is 4.11. The van der Waals surface area contributed by atoms with Crippen LogP contribution in [0.3, 0.4) is 0 Å². The highest BCUT2D eigenvalue weighted by molar-refractivity contribution is 6.74. The Morgan fingerprint density at radius 2 is 1.84 bits per heavy atom. The third kappa shape index (κ3) is 2.83. The van der Waals surface area contributed by atoms with E-state index in [1.54, 1.807) is 0 Å². The average Bonchev–Trinajstić information content (AvgIpc) is 2.64. The highest BCUT2D eigenvalue weighted by atomic mass is 28.4. The molecule has 0 saturated heterocycles. The molecule has 2 aliphatic rings. The first-order chi connectivity index (χ1) is 8.63. The first-order valence-electron chi connectivity index (χ1n) is 7.67. The molecule has 2 rings (SSSR count). The molecule has 0 aromatic heterocycles. The van der Waals surface area contributed by atoms with E-state index in [0.29, 0.717) is 17.9 Å². The average molecular weight is 282 g/mol. The standard InChI is InChI=1S/C16H30O2Si/c1-11-7-8-12-14(10-9-13(17)15(11)12)18-19(5,6)16(2,3)4/h12-15,17H,1,7-10H2,2-6H3/t12-,13+,14+,15-/m1/s1. The van der Waals surface area contributed by atoms with E-state index in [1.807, 2.05) is 0 Å². The molecular weight excluding hydrogens is 252 g/mol. The smallest absolute Gasteiger partial charge is 0.192 e. The maximum Gasteiger partial charge on any atom is 0.192 e. The predicted molar refractivity (Wildman–Crippen MR) is 82.7 cm³/mol. The van der Waals surface area contributed by atoms with Gasteiger partial charge in [-0.15, -0.1) is 0 Å². The van der Waals surface area contributed by atoms with Crippen molar-refractivity contribution in [3.8, 4) is 0 Å². The molecule has 0 aromatic rings. The van der Waals surface area contributed by atoms with Gasteiger partial charge >= 0.3 is 0 Å². The monoisotopic (exact) mass is 282 g/mol. The fraction of sp³-hybridized carbons (Fsp3) is 0.875. The van der Waals surface area contributed by atoms with E-state index in [9.17, 15) is 5.11 Å². The molecule has 0 aromatic carbocycles. The van der Waals surface area contributed by atoms with Crippen LogP contribution in [0.15, 0.2) is 12.2 Å². The summed E-state index contributed by atoms with van der Waals surface area (Å²) in [6.45, 7) is 15.7. The van der Waals surface area contributed by atoms with Gasteiger partial charge in [0.15, 0.2) is 8.32 Å². The topological polar surface area (TPSA) is 29.5 Å². The second-order valence-corrected chi connectivity index (χ2v) is 12.7.